The highest BCUT2D eigenvalue weighted by Crippen LogP contribution is 2.28. The van der Waals surface area contributed by atoms with E-state index in [1.807, 2.05) is 0 Å². The number of esters is 2. The molecule has 0 spiro atoms. The molecular formula is C23H24O8. The van der Waals surface area contributed by atoms with Gasteiger partial charge in [0.25, 0.3) is 0 Å². The Kier molecular flexibility index (Phi) is 7.91. The molecule has 1 fully saturated rings. The van der Waals surface area contributed by atoms with Crippen molar-refractivity contribution in [3.8, 4) is 0 Å². The second-order valence-electron chi connectivity index (χ2n) is 6.81. The van der Waals surface area contributed by atoms with Gasteiger partial charge in [0.05, 0.1) is 24.3 Å². The second-order valence-corrected chi connectivity index (χ2v) is 6.81. The van der Waals surface area contributed by atoms with Crippen LogP contribution in [0.5, 0.6) is 0 Å². The average Bonchev–Trinajstić information content (AvgIpc) is 2.81. The molecule has 0 unspecified atom stereocenters. The Morgan fingerprint density at radius 2 is 1.45 bits per heavy atom. The third kappa shape index (κ3) is 5.56. The summed E-state index contributed by atoms with van der Waals surface area (Å²) < 4.78 is 22.2. The molecule has 0 saturated carbocycles. The quantitative estimate of drug-likeness (QED) is 0.483. The van der Waals surface area contributed by atoms with Crippen LogP contribution in [0.15, 0.2) is 73.3 Å². The summed E-state index contributed by atoms with van der Waals surface area (Å²) in [4.78, 5) is 25.3. The molecule has 5 atom stereocenters. The largest absolute Gasteiger partial charge is 0.452 e. The van der Waals surface area contributed by atoms with Gasteiger partial charge < -0.3 is 29.2 Å². The summed E-state index contributed by atoms with van der Waals surface area (Å²) >= 11 is 0. The van der Waals surface area contributed by atoms with Crippen LogP contribution in [-0.4, -0.2) is 66.1 Å². The maximum atomic E-state index is 12.7. The first-order valence-electron chi connectivity index (χ1n) is 9.74. The number of benzene rings is 2. The molecule has 164 valence electrons. The van der Waals surface area contributed by atoms with Crippen molar-refractivity contribution in [3.63, 3.8) is 0 Å². The zero-order valence-corrected chi connectivity index (χ0v) is 16.7. The van der Waals surface area contributed by atoms with Crippen LogP contribution in [0.1, 0.15) is 20.7 Å². The molecule has 1 saturated heterocycles. The van der Waals surface area contributed by atoms with Gasteiger partial charge in [-0.2, -0.15) is 0 Å². The van der Waals surface area contributed by atoms with Crippen molar-refractivity contribution in [3.05, 3.63) is 84.4 Å². The van der Waals surface area contributed by atoms with Crippen molar-refractivity contribution < 1.29 is 38.7 Å². The van der Waals surface area contributed by atoms with E-state index in [2.05, 4.69) is 6.58 Å². The van der Waals surface area contributed by atoms with Crippen molar-refractivity contribution >= 4 is 11.9 Å². The van der Waals surface area contributed by atoms with Crippen LogP contribution in [0.25, 0.3) is 0 Å². The number of carbonyl (C=O) groups is 2. The first-order chi connectivity index (χ1) is 15.0. The van der Waals surface area contributed by atoms with Gasteiger partial charge in [-0.1, -0.05) is 42.5 Å². The zero-order valence-electron chi connectivity index (χ0n) is 16.7. The molecular weight excluding hydrogens is 404 g/mol. The van der Waals surface area contributed by atoms with E-state index in [9.17, 15) is 19.8 Å². The highest BCUT2D eigenvalue weighted by molar-refractivity contribution is 5.90. The van der Waals surface area contributed by atoms with Crippen LogP contribution in [0.2, 0.25) is 0 Å². The minimum Gasteiger partial charge on any atom is -0.452 e. The van der Waals surface area contributed by atoms with Gasteiger partial charge in [-0.15, -0.1) is 6.58 Å². The molecule has 0 bridgehead atoms. The molecule has 1 heterocycles. The fraction of sp³-hybridized carbons (Fsp3) is 0.304. The second kappa shape index (κ2) is 10.8. The summed E-state index contributed by atoms with van der Waals surface area (Å²) in [6, 6.07) is 16.4. The predicted molar refractivity (Wildman–Crippen MR) is 109 cm³/mol. The van der Waals surface area contributed by atoms with E-state index in [0.29, 0.717) is 0 Å². The molecule has 2 N–H and O–H groups in total. The molecule has 0 aromatic heterocycles. The molecule has 8 heteroatoms. The summed E-state index contributed by atoms with van der Waals surface area (Å²) in [6.45, 7) is 3.05. The molecule has 8 nitrogen and oxygen atoms in total. The fourth-order valence-corrected chi connectivity index (χ4v) is 3.13. The van der Waals surface area contributed by atoms with Crippen LogP contribution in [0.3, 0.4) is 0 Å². The van der Waals surface area contributed by atoms with Crippen LogP contribution in [-0.2, 0) is 18.9 Å². The Bertz CT molecular complexity index is 870. The van der Waals surface area contributed by atoms with Crippen molar-refractivity contribution in [2.45, 2.75) is 30.7 Å². The van der Waals surface area contributed by atoms with Crippen LogP contribution in [0, 0.1) is 0 Å². The van der Waals surface area contributed by atoms with Crippen LogP contribution in [0.4, 0.5) is 0 Å². The number of hydrogen-bond acceptors (Lipinski definition) is 8. The third-order valence-electron chi connectivity index (χ3n) is 4.68. The number of aliphatic hydroxyl groups excluding tert-OH is 2. The van der Waals surface area contributed by atoms with Crippen LogP contribution >= 0.6 is 0 Å². The number of aliphatic hydroxyl groups is 2. The van der Waals surface area contributed by atoms with Gasteiger partial charge >= 0.3 is 11.9 Å². The summed E-state index contributed by atoms with van der Waals surface area (Å²) in [5.41, 5.74) is 0.510. The average molecular weight is 428 g/mol. The first-order valence-corrected chi connectivity index (χ1v) is 9.74. The lowest BCUT2D eigenvalue weighted by atomic mass is 9.98. The molecule has 1 aliphatic rings. The van der Waals surface area contributed by atoms with E-state index in [1.54, 1.807) is 60.7 Å². The van der Waals surface area contributed by atoms with E-state index < -0.39 is 49.3 Å². The first kappa shape index (κ1) is 22.6. The van der Waals surface area contributed by atoms with Gasteiger partial charge in [0, 0.05) is 0 Å². The standard InChI is InChI=1S/C23H24O8/c1-2-13-28-23-20(31-22(27)16-11-7-4-8-12-16)19(18(25)17(14-24)29-23)30-21(26)15-9-5-3-6-10-15/h2-12,17-20,23-25H,1,13-14H2/t17-,18-,19+,20-,23+/m1/s1. The molecule has 0 aliphatic carbocycles. The van der Waals surface area contributed by atoms with Crippen molar-refractivity contribution in [1.29, 1.82) is 0 Å². The molecule has 0 radical (unpaired) electrons. The number of carbonyl (C=O) groups excluding carboxylic acids is 2. The normalized spacial score (nSPS) is 25.4. The van der Waals surface area contributed by atoms with Crippen molar-refractivity contribution in [2.75, 3.05) is 13.2 Å². The Labute approximate surface area is 179 Å². The topological polar surface area (TPSA) is 112 Å². The maximum Gasteiger partial charge on any atom is 0.338 e. The van der Waals surface area contributed by atoms with E-state index >= 15 is 0 Å². The molecule has 1 aliphatic heterocycles. The minimum atomic E-state index is -1.46. The molecule has 2 aromatic rings. The number of rotatable bonds is 8. The summed E-state index contributed by atoms with van der Waals surface area (Å²) in [6.07, 6.45) is -4.97. The third-order valence-corrected chi connectivity index (χ3v) is 4.68. The monoisotopic (exact) mass is 428 g/mol. The fourth-order valence-electron chi connectivity index (χ4n) is 3.13. The summed E-state index contributed by atoms with van der Waals surface area (Å²) in [5, 5.41) is 20.3. The van der Waals surface area contributed by atoms with Gasteiger partial charge in [-0.25, -0.2) is 9.59 Å². The highest BCUT2D eigenvalue weighted by atomic mass is 16.7. The summed E-state index contributed by atoms with van der Waals surface area (Å²) in [5.74, 6) is -1.44. The highest BCUT2D eigenvalue weighted by Gasteiger charge is 2.50. The molecule has 2 aromatic carbocycles. The Morgan fingerprint density at radius 1 is 0.935 bits per heavy atom. The molecule has 3 rings (SSSR count). The Morgan fingerprint density at radius 3 is 1.94 bits per heavy atom. The molecule has 31 heavy (non-hydrogen) atoms. The Balaban J connectivity index is 1.88. The van der Waals surface area contributed by atoms with Gasteiger partial charge in [-0.3, -0.25) is 0 Å². The smallest absolute Gasteiger partial charge is 0.338 e. The van der Waals surface area contributed by atoms with Gasteiger partial charge in [-0.05, 0) is 24.3 Å². The van der Waals surface area contributed by atoms with E-state index in [1.165, 1.54) is 6.08 Å². The van der Waals surface area contributed by atoms with E-state index in [4.69, 9.17) is 18.9 Å². The van der Waals surface area contributed by atoms with Crippen molar-refractivity contribution in [1.82, 2.24) is 0 Å². The van der Waals surface area contributed by atoms with E-state index in [0.717, 1.165) is 0 Å². The number of hydrogen-bond donors (Lipinski definition) is 2. The number of ether oxygens (including phenoxy) is 4. The lowest BCUT2D eigenvalue weighted by Gasteiger charge is -2.42. The van der Waals surface area contributed by atoms with Crippen molar-refractivity contribution in [2.24, 2.45) is 0 Å². The summed E-state index contributed by atoms with van der Waals surface area (Å²) in [7, 11) is 0. The Hall–Kier alpha value is -3.04. The van der Waals surface area contributed by atoms with Crippen LogP contribution < -0.4 is 0 Å². The molecule has 0 amide bonds. The predicted octanol–water partition coefficient (Wildman–Crippen LogP) is 1.72. The van der Waals surface area contributed by atoms with Gasteiger partial charge in [0.1, 0.15) is 12.2 Å². The van der Waals surface area contributed by atoms with Gasteiger partial charge in [0.15, 0.2) is 18.5 Å². The lowest BCUT2D eigenvalue weighted by molar-refractivity contribution is -0.296. The SMILES string of the molecule is C=CCO[C@H]1O[C@H](CO)[C@@H](O)[C@H](OC(=O)c2ccccc2)[C@H]1OC(=O)c1ccccc1. The van der Waals surface area contributed by atoms with E-state index in [-0.39, 0.29) is 17.7 Å². The van der Waals surface area contributed by atoms with Gasteiger partial charge in [0.2, 0.25) is 0 Å². The maximum absolute atomic E-state index is 12.7. The minimum absolute atomic E-state index is 0.0393. The lowest BCUT2D eigenvalue weighted by Crippen LogP contribution is -2.61. The zero-order chi connectivity index (χ0) is 22.2.